The Balaban J connectivity index is 0.000000868. The van der Waals surface area contributed by atoms with E-state index < -0.39 is 0 Å². The predicted octanol–water partition coefficient (Wildman–Crippen LogP) is 4.54. The first-order valence-electron chi connectivity index (χ1n) is 7.93. The van der Waals surface area contributed by atoms with E-state index in [1.54, 1.807) is 13.2 Å². The molecule has 1 N–H and O–H groups in total. The van der Waals surface area contributed by atoms with Gasteiger partial charge in [-0.2, -0.15) is 0 Å². The van der Waals surface area contributed by atoms with Crippen LogP contribution in [0.5, 0.6) is 0 Å². The maximum Gasteiger partial charge on any atom is 0.106 e. The highest BCUT2D eigenvalue weighted by Gasteiger charge is 2.12. The molecule has 0 fully saturated rings. The van der Waals surface area contributed by atoms with Gasteiger partial charge in [0.1, 0.15) is 6.79 Å². The quantitative estimate of drug-likeness (QED) is 0.829. The fourth-order valence-electron chi connectivity index (χ4n) is 2.50. The predicted molar refractivity (Wildman–Crippen MR) is 97.1 cm³/mol. The van der Waals surface area contributed by atoms with E-state index in [2.05, 4.69) is 31.7 Å². The largest absolute Gasteiger partial charge is 0.392 e. The first-order chi connectivity index (χ1) is 11.2. The van der Waals surface area contributed by atoms with Gasteiger partial charge in [-0.15, -0.1) is 6.58 Å². The van der Waals surface area contributed by atoms with Gasteiger partial charge in [0.2, 0.25) is 0 Å². The molecule has 0 bridgehead atoms. The summed E-state index contributed by atoms with van der Waals surface area (Å²) in [7, 11) is 1.69. The normalized spacial score (nSPS) is 16.2. The van der Waals surface area contributed by atoms with Crippen molar-refractivity contribution in [2.45, 2.75) is 46.3 Å². The Labute approximate surface area is 140 Å². The number of methoxy groups -OCH3 is 1. The van der Waals surface area contributed by atoms with Crippen LogP contribution in [0.1, 0.15) is 49.8 Å². The highest BCUT2D eigenvalue weighted by atomic mass is 16.5. The lowest BCUT2D eigenvalue weighted by Crippen LogP contribution is -2.03. The number of allylic oxidation sites excluding steroid dienone is 3. The summed E-state index contributed by atoms with van der Waals surface area (Å²) in [5.41, 5.74) is 4.78. The Morgan fingerprint density at radius 3 is 2.48 bits per heavy atom. The number of aliphatic hydroxyl groups excluding tert-OH is 1. The number of rotatable bonds is 4. The van der Waals surface area contributed by atoms with E-state index in [4.69, 9.17) is 9.53 Å². The summed E-state index contributed by atoms with van der Waals surface area (Å²) >= 11 is 0. The van der Waals surface area contributed by atoms with Gasteiger partial charge < -0.3 is 14.6 Å². The summed E-state index contributed by atoms with van der Waals surface area (Å²) in [5, 5.41) is 9.31. The van der Waals surface area contributed by atoms with Crippen LogP contribution in [0.4, 0.5) is 0 Å². The standard InChI is InChI=1S/C16H22O2.C3H6.CH2O/c1-12-3-5-13(6-4-12)14-7-8-15(10-17)16(9-14)11-18-2;1-3-2;1-2/h5,7-9,12,17H,3-4,6,10-11H2,1-2H3;3H,1H2,2H3;1H2. The van der Waals surface area contributed by atoms with Crippen LogP contribution in [0.15, 0.2) is 36.9 Å². The molecule has 0 amide bonds. The minimum atomic E-state index is 0.0784. The monoisotopic (exact) mass is 318 g/mol. The molecule has 0 radical (unpaired) electrons. The third-order valence-electron chi connectivity index (χ3n) is 3.72. The molecule has 3 nitrogen and oxygen atoms in total. The molecule has 0 aliphatic heterocycles. The fraction of sp³-hybridized carbons (Fsp3) is 0.450. The van der Waals surface area contributed by atoms with Gasteiger partial charge in [-0.05, 0) is 60.4 Å². The molecule has 2 rings (SSSR count). The van der Waals surface area contributed by atoms with Crippen LogP contribution in [0.25, 0.3) is 5.57 Å². The van der Waals surface area contributed by atoms with Crippen molar-refractivity contribution in [2.24, 2.45) is 5.92 Å². The summed E-state index contributed by atoms with van der Waals surface area (Å²) < 4.78 is 5.20. The average Bonchev–Trinajstić information content (AvgIpc) is 2.58. The summed E-state index contributed by atoms with van der Waals surface area (Å²) in [6, 6.07) is 6.30. The summed E-state index contributed by atoms with van der Waals surface area (Å²) in [5.74, 6) is 0.809. The zero-order valence-electron chi connectivity index (χ0n) is 14.7. The second-order valence-electron chi connectivity index (χ2n) is 5.59. The Morgan fingerprint density at radius 2 is 2.00 bits per heavy atom. The molecule has 1 aromatic carbocycles. The molecule has 1 aliphatic carbocycles. The SMILES string of the molecule is C=CC.C=O.COCc1cc(C2=CCC(C)CC2)ccc1CO. The van der Waals surface area contributed by atoms with Crippen molar-refractivity contribution in [3.8, 4) is 0 Å². The highest BCUT2D eigenvalue weighted by molar-refractivity contribution is 5.67. The van der Waals surface area contributed by atoms with Crippen LogP contribution in [-0.2, 0) is 22.7 Å². The lowest BCUT2D eigenvalue weighted by Gasteiger charge is -2.19. The molecule has 1 aliphatic rings. The number of hydrogen-bond acceptors (Lipinski definition) is 3. The molecule has 23 heavy (non-hydrogen) atoms. The van der Waals surface area contributed by atoms with Gasteiger partial charge in [0.25, 0.3) is 0 Å². The van der Waals surface area contributed by atoms with E-state index in [-0.39, 0.29) is 6.61 Å². The first-order valence-corrected chi connectivity index (χ1v) is 7.93. The number of carbonyl (C=O) groups excluding carboxylic acids is 1. The van der Waals surface area contributed by atoms with Crippen molar-refractivity contribution < 1.29 is 14.6 Å². The van der Waals surface area contributed by atoms with Crippen molar-refractivity contribution in [3.05, 3.63) is 53.6 Å². The number of ether oxygens (including phenoxy) is 1. The third kappa shape index (κ3) is 7.40. The number of hydrogen-bond donors (Lipinski definition) is 1. The lowest BCUT2D eigenvalue weighted by molar-refractivity contribution is -0.0979. The summed E-state index contributed by atoms with van der Waals surface area (Å²) in [6.45, 7) is 10.2. The third-order valence-corrected chi connectivity index (χ3v) is 3.72. The molecule has 0 saturated heterocycles. The average molecular weight is 318 g/mol. The minimum Gasteiger partial charge on any atom is -0.392 e. The lowest BCUT2D eigenvalue weighted by atomic mass is 9.87. The van der Waals surface area contributed by atoms with Gasteiger partial charge in [0, 0.05) is 7.11 Å². The molecule has 0 heterocycles. The molecular formula is C20H30O3. The van der Waals surface area contributed by atoms with Crippen LogP contribution in [-0.4, -0.2) is 19.0 Å². The zero-order valence-corrected chi connectivity index (χ0v) is 14.7. The van der Waals surface area contributed by atoms with E-state index in [9.17, 15) is 5.11 Å². The van der Waals surface area contributed by atoms with E-state index >= 15 is 0 Å². The molecule has 1 atom stereocenters. The Kier molecular flexibility index (Phi) is 11.8. The zero-order chi connectivity index (χ0) is 17.7. The number of carbonyl (C=O) groups is 1. The highest BCUT2D eigenvalue weighted by Crippen LogP contribution is 2.31. The molecule has 0 spiro atoms. The first kappa shape index (κ1) is 21.3. The summed E-state index contributed by atoms with van der Waals surface area (Å²) in [4.78, 5) is 8.00. The van der Waals surface area contributed by atoms with Crippen LogP contribution < -0.4 is 0 Å². The van der Waals surface area contributed by atoms with E-state index in [1.165, 1.54) is 24.0 Å². The maximum atomic E-state index is 9.31. The summed E-state index contributed by atoms with van der Waals surface area (Å²) in [6.07, 6.45) is 7.72. The Bertz CT molecular complexity index is 492. The number of aliphatic hydroxyl groups is 1. The minimum absolute atomic E-state index is 0.0784. The van der Waals surface area contributed by atoms with Crippen LogP contribution in [0.3, 0.4) is 0 Å². The maximum absolute atomic E-state index is 9.31. The molecule has 1 unspecified atom stereocenters. The van der Waals surface area contributed by atoms with E-state index in [0.717, 1.165) is 23.5 Å². The van der Waals surface area contributed by atoms with Gasteiger partial charge in [-0.1, -0.05) is 31.2 Å². The van der Waals surface area contributed by atoms with Crippen LogP contribution in [0.2, 0.25) is 0 Å². The second kappa shape index (κ2) is 12.8. The van der Waals surface area contributed by atoms with Crippen molar-refractivity contribution in [3.63, 3.8) is 0 Å². The van der Waals surface area contributed by atoms with Crippen molar-refractivity contribution in [1.82, 2.24) is 0 Å². The Morgan fingerprint density at radius 1 is 1.35 bits per heavy atom. The molecule has 0 saturated carbocycles. The van der Waals surface area contributed by atoms with E-state index in [1.807, 2.05) is 19.8 Å². The number of benzene rings is 1. The van der Waals surface area contributed by atoms with Gasteiger partial charge in [0.15, 0.2) is 0 Å². The van der Waals surface area contributed by atoms with E-state index in [0.29, 0.717) is 6.61 Å². The second-order valence-corrected chi connectivity index (χ2v) is 5.59. The smallest absolute Gasteiger partial charge is 0.106 e. The topological polar surface area (TPSA) is 46.5 Å². The van der Waals surface area contributed by atoms with Gasteiger partial charge >= 0.3 is 0 Å². The molecule has 0 aromatic heterocycles. The molecule has 128 valence electrons. The van der Waals surface area contributed by atoms with Crippen molar-refractivity contribution in [1.29, 1.82) is 0 Å². The van der Waals surface area contributed by atoms with Crippen LogP contribution in [0, 0.1) is 5.92 Å². The van der Waals surface area contributed by atoms with Crippen molar-refractivity contribution >= 4 is 12.4 Å². The van der Waals surface area contributed by atoms with Gasteiger partial charge in [0.05, 0.1) is 13.2 Å². The van der Waals surface area contributed by atoms with Crippen molar-refractivity contribution in [2.75, 3.05) is 7.11 Å². The van der Waals surface area contributed by atoms with Crippen LogP contribution >= 0.6 is 0 Å². The molecule has 1 aromatic rings. The van der Waals surface area contributed by atoms with Gasteiger partial charge in [-0.3, -0.25) is 0 Å². The Hall–Kier alpha value is -1.71. The molecule has 3 heteroatoms. The van der Waals surface area contributed by atoms with Gasteiger partial charge in [-0.25, -0.2) is 0 Å². The molecular weight excluding hydrogens is 288 g/mol. The fourth-order valence-corrected chi connectivity index (χ4v) is 2.50.